The van der Waals surface area contributed by atoms with Gasteiger partial charge in [-0.1, -0.05) is 29.4 Å². The molecule has 0 radical (unpaired) electrons. The molecule has 2 aliphatic rings. The highest BCUT2D eigenvalue weighted by atomic mass is 16.5. The quantitative estimate of drug-likeness (QED) is 0.241. The van der Waals surface area contributed by atoms with Crippen LogP contribution < -0.4 is 4.74 Å². The number of aliphatic hydroxyl groups excluding tert-OH is 1. The highest BCUT2D eigenvalue weighted by molar-refractivity contribution is 6.02. The third-order valence-electron chi connectivity index (χ3n) is 8.06. The van der Waals surface area contributed by atoms with Crippen molar-refractivity contribution in [1.29, 1.82) is 0 Å². The molecule has 2 heterocycles. The molecule has 3 unspecified atom stereocenters. The minimum absolute atomic E-state index is 0.00938. The van der Waals surface area contributed by atoms with E-state index < -0.39 is 46.9 Å². The normalized spacial score (nSPS) is 20.4. The molecule has 0 aromatic heterocycles. The van der Waals surface area contributed by atoms with Gasteiger partial charge in [-0.25, -0.2) is 9.59 Å². The number of hydrogen-bond donors (Lipinski definition) is 5. The van der Waals surface area contributed by atoms with Crippen LogP contribution in [-0.4, -0.2) is 60.0 Å². The number of carboxylic acids is 2. The van der Waals surface area contributed by atoms with Crippen LogP contribution in [0.25, 0.3) is 0 Å². The van der Waals surface area contributed by atoms with Crippen molar-refractivity contribution < 1.29 is 44.7 Å². The molecule has 0 spiro atoms. The molecule has 0 fully saturated rings. The number of nitrogens with zero attached hydrogens (tertiary/aromatic N) is 1. The summed E-state index contributed by atoms with van der Waals surface area (Å²) in [6, 6.07) is 3.04. The number of phenolic OH excluding ortho intramolecular Hbond substituents is 1. The maximum absolute atomic E-state index is 13.5. The summed E-state index contributed by atoms with van der Waals surface area (Å²) in [6.07, 6.45) is 6.45. The van der Waals surface area contributed by atoms with Crippen LogP contribution in [-0.2, 0) is 17.8 Å². The lowest BCUT2D eigenvalue weighted by atomic mass is 9.84. The van der Waals surface area contributed by atoms with E-state index in [4.69, 9.17) is 4.74 Å². The fourth-order valence-corrected chi connectivity index (χ4v) is 5.58. The Morgan fingerprint density at radius 2 is 1.79 bits per heavy atom. The SMILES string of the molecule is CC(C)=CCC/C(C)=C/CCC1(C)Oc2c(c(O)cc3c2CN(C(C(=O)O)c2ccc(O)c(C(=O)O)c2)C3=O)CC1O. The second kappa shape index (κ2) is 11.9. The van der Waals surface area contributed by atoms with Crippen LogP contribution in [0, 0.1) is 0 Å². The van der Waals surface area contributed by atoms with Gasteiger partial charge in [-0.3, -0.25) is 4.79 Å². The predicted molar refractivity (Wildman–Crippen MR) is 154 cm³/mol. The van der Waals surface area contributed by atoms with E-state index in [1.54, 1.807) is 6.92 Å². The summed E-state index contributed by atoms with van der Waals surface area (Å²) in [5, 5.41) is 51.2. The van der Waals surface area contributed by atoms with Gasteiger partial charge in [0.05, 0.1) is 18.2 Å². The summed E-state index contributed by atoms with van der Waals surface area (Å²) in [5.41, 5.74) is 1.76. The maximum atomic E-state index is 13.5. The van der Waals surface area contributed by atoms with Crippen molar-refractivity contribution >= 4 is 17.8 Å². The molecule has 5 N–H and O–H groups in total. The number of allylic oxidation sites excluding steroid dienone is 4. The van der Waals surface area contributed by atoms with Gasteiger partial charge < -0.3 is 35.2 Å². The Bertz CT molecular complexity index is 1490. The molecule has 2 aromatic carbocycles. The molecule has 10 heteroatoms. The summed E-state index contributed by atoms with van der Waals surface area (Å²) in [7, 11) is 0. The second-order valence-electron chi connectivity index (χ2n) is 11.5. The predicted octanol–water partition coefficient (Wildman–Crippen LogP) is 5.11. The van der Waals surface area contributed by atoms with Crippen LogP contribution in [0.3, 0.4) is 0 Å². The number of aromatic carboxylic acids is 1. The first-order valence-corrected chi connectivity index (χ1v) is 13.9. The fraction of sp³-hybridized carbons (Fsp3) is 0.406. The molecular weight excluding hydrogens is 542 g/mol. The average Bonchev–Trinajstić information content (AvgIpc) is 3.21. The van der Waals surface area contributed by atoms with Crippen molar-refractivity contribution in [3.05, 3.63) is 75.4 Å². The molecule has 2 aromatic rings. The number of carboxylic acid groups (broad SMARTS) is 2. The first-order valence-electron chi connectivity index (χ1n) is 13.9. The van der Waals surface area contributed by atoms with Gasteiger partial charge >= 0.3 is 11.9 Å². The molecule has 0 saturated carbocycles. The van der Waals surface area contributed by atoms with Crippen molar-refractivity contribution in [2.45, 2.75) is 84.1 Å². The topological polar surface area (TPSA) is 165 Å². The van der Waals surface area contributed by atoms with Gasteiger partial charge in [0.25, 0.3) is 5.91 Å². The van der Waals surface area contributed by atoms with Crippen molar-refractivity contribution in [1.82, 2.24) is 4.90 Å². The minimum Gasteiger partial charge on any atom is -0.508 e. The largest absolute Gasteiger partial charge is 0.508 e. The van der Waals surface area contributed by atoms with E-state index in [-0.39, 0.29) is 35.6 Å². The van der Waals surface area contributed by atoms with Gasteiger partial charge in [-0.2, -0.15) is 0 Å². The highest BCUT2D eigenvalue weighted by Crippen LogP contribution is 2.47. The number of carbonyl (C=O) groups is 3. The Morgan fingerprint density at radius 3 is 2.43 bits per heavy atom. The summed E-state index contributed by atoms with van der Waals surface area (Å²) >= 11 is 0. The van der Waals surface area contributed by atoms with Crippen LogP contribution in [0.1, 0.15) is 96.8 Å². The Hall–Kier alpha value is -4.31. The number of carbonyl (C=O) groups excluding carboxylic acids is 1. The van der Waals surface area contributed by atoms with Crippen LogP contribution in [0.5, 0.6) is 17.2 Å². The number of aromatic hydroxyl groups is 2. The van der Waals surface area contributed by atoms with E-state index in [2.05, 4.69) is 32.9 Å². The maximum Gasteiger partial charge on any atom is 0.339 e. The monoisotopic (exact) mass is 579 g/mol. The standard InChI is InChI=1S/C32H37NO9/c1-17(2)7-5-8-18(3)9-6-12-32(4)26(36)15-21-25(35)14-20-23(28(21)42-32)16-33(29(20)37)27(31(40)41)19-10-11-24(34)22(13-19)30(38)39/h7,9-11,13-14,26-27,34-36H,5-6,8,12,15-16H2,1-4H3,(H,38,39)(H,40,41)/b18-9+. The second-order valence-corrected chi connectivity index (χ2v) is 11.5. The zero-order valence-corrected chi connectivity index (χ0v) is 24.2. The molecule has 2 aliphatic heterocycles. The molecule has 0 saturated heterocycles. The van der Waals surface area contributed by atoms with E-state index in [0.717, 1.165) is 29.9 Å². The molecule has 42 heavy (non-hydrogen) atoms. The molecule has 4 rings (SSSR count). The van der Waals surface area contributed by atoms with Gasteiger partial charge in [0.15, 0.2) is 6.04 Å². The van der Waals surface area contributed by atoms with E-state index in [9.17, 15) is 39.9 Å². The zero-order valence-electron chi connectivity index (χ0n) is 24.2. The fourth-order valence-electron chi connectivity index (χ4n) is 5.58. The van der Waals surface area contributed by atoms with E-state index in [0.29, 0.717) is 24.0 Å². The molecule has 3 atom stereocenters. The molecular formula is C32H37NO9. The number of aliphatic carboxylic acids is 1. The molecule has 1 amide bonds. The van der Waals surface area contributed by atoms with Gasteiger partial charge in [-0.15, -0.1) is 0 Å². The molecule has 10 nitrogen and oxygen atoms in total. The minimum atomic E-state index is -1.57. The first-order chi connectivity index (χ1) is 19.7. The van der Waals surface area contributed by atoms with Crippen molar-refractivity contribution in [3.63, 3.8) is 0 Å². The van der Waals surface area contributed by atoms with Gasteiger partial charge in [0.1, 0.15) is 28.4 Å². The summed E-state index contributed by atoms with van der Waals surface area (Å²) < 4.78 is 6.37. The summed E-state index contributed by atoms with van der Waals surface area (Å²) in [4.78, 5) is 38.5. The van der Waals surface area contributed by atoms with Crippen LogP contribution in [0.15, 0.2) is 47.6 Å². The number of rotatable bonds is 10. The number of fused-ring (bicyclic) bond motifs is 3. The lowest BCUT2D eigenvalue weighted by Gasteiger charge is -2.41. The smallest absolute Gasteiger partial charge is 0.339 e. The van der Waals surface area contributed by atoms with Crippen molar-refractivity contribution in [2.24, 2.45) is 0 Å². The van der Waals surface area contributed by atoms with Crippen LogP contribution in [0.2, 0.25) is 0 Å². The van der Waals surface area contributed by atoms with Gasteiger partial charge in [0, 0.05) is 17.5 Å². The number of amides is 1. The molecule has 0 bridgehead atoms. The number of benzene rings is 2. The third-order valence-corrected chi connectivity index (χ3v) is 8.06. The van der Waals surface area contributed by atoms with Gasteiger partial charge in [0.2, 0.25) is 0 Å². The Labute approximate surface area is 244 Å². The van der Waals surface area contributed by atoms with Crippen molar-refractivity contribution in [2.75, 3.05) is 0 Å². The van der Waals surface area contributed by atoms with Crippen LogP contribution >= 0.6 is 0 Å². The van der Waals surface area contributed by atoms with Gasteiger partial charge in [-0.05, 0) is 77.1 Å². The number of hydrogen-bond acceptors (Lipinski definition) is 7. The van der Waals surface area contributed by atoms with E-state index >= 15 is 0 Å². The Kier molecular flexibility index (Phi) is 8.68. The zero-order chi connectivity index (χ0) is 30.9. The van der Waals surface area contributed by atoms with E-state index in [1.807, 2.05) is 0 Å². The average molecular weight is 580 g/mol. The lowest BCUT2D eigenvalue weighted by molar-refractivity contribution is -0.142. The number of phenols is 2. The first kappa shape index (κ1) is 30.6. The summed E-state index contributed by atoms with van der Waals surface area (Å²) in [6.45, 7) is 7.79. The molecule has 0 aliphatic carbocycles. The summed E-state index contributed by atoms with van der Waals surface area (Å²) in [5.74, 6) is -4.04. The van der Waals surface area contributed by atoms with Crippen LogP contribution in [0.4, 0.5) is 0 Å². The lowest BCUT2D eigenvalue weighted by Crippen LogP contribution is -2.49. The molecule has 224 valence electrons. The van der Waals surface area contributed by atoms with Crippen molar-refractivity contribution in [3.8, 4) is 17.2 Å². The highest BCUT2D eigenvalue weighted by Gasteiger charge is 2.46. The Balaban J connectivity index is 1.63. The number of aliphatic hydroxyl groups is 1. The number of ether oxygens (including phenoxy) is 1. The van der Waals surface area contributed by atoms with E-state index in [1.165, 1.54) is 23.3 Å². The third kappa shape index (κ3) is 5.99. The Morgan fingerprint density at radius 1 is 1.07 bits per heavy atom.